The first-order chi connectivity index (χ1) is 9.35. The van der Waals surface area contributed by atoms with Crippen LogP contribution in [0.25, 0.3) is 0 Å². The average molecular weight is 321 g/mol. The summed E-state index contributed by atoms with van der Waals surface area (Å²) < 4.78 is 30.9. The molecule has 0 bridgehead atoms. The van der Waals surface area contributed by atoms with Gasteiger partial charge in [0.05, 0.1) is 12.4 Å². The summed E-state index contributed by atoms with van der Waals surface area (Å²) in [6, 6.07) is 7.34. The molecule has 0 radical (unpaired) electrons. The van der Waals surface area contributed by atoms with E-state index in [-0.39, 0.29) is 18.4 Å². The van der Waals surface area contributed by atoms with Gasteiger partial charge in [0.2, 0.25) is 10.0 Å². The maximum Gasteiger partial charge on any atom is 0.213 e. The Kier molecular flexibility index (Phi) is 6.91. The number of rotatable bonds is 8. The van der Waals surface area contributed by atoms with Gasteiger partial charge in [-0.2, -0.15) is 0 Å². The first-order valence-electron chi connectivity index (χ1n) is 6.24. The summed E-state index contributed by atoms with van der Waals surface area (Å²) in [4.78, 5) is 1.96. The summed E-state index contributed by atoms with van der Waals surface area (Å²) >= 11 is 5.86. The second kappa shape index (κ2) is 7.95. The number of halogens is 1. The molecule has 1 aromatic carbocycles. The molecule has 1 rings (SSSR count). The third-order valence-corrected chi connectivity index (χ3v) is 4.49. The van der Waals surface area contributed by atoms with E-state index in [1.165, 1.54) is 7.11 Å². The fourth-order valence-electron chi connectivity index (χ4n) is 1.75. The Balaban J connectivity index is 2.71. The fourth-order valence-corrected chi connectivity index (χ4v) is 2.82. The predicted molar refractivity (Wildman–Crippen MR) is 81.5 cm³/mol. The lowest BCUT2D eigenvalue weighted by Crippen LogP contribution is -2.36. The van der Waals surface area contributed by atoms with Crippen molar-refractivity contribution < 1.29 is 13.2 Å². The molecule has 0 fully saturated rings. The normalized spacial score (nSPS) is 13.7. The molecule has 114 valence electrons. The van der Waals surface area contributed by atoms with Crippen molar-refractivity contribution in [1.82, 2.24) is 9.62 Å². The van der Waals surface area contributed by atoms with Crippen LogP contribution < -0.4 is 4.72 Å². The number of likely N-dealkylation sites (N-methyl/N-ethyl adjacent to an activating group) is 1. The Morgan fingerprint density at radius 2 is 1.90 bits per heavy atom. The molecule has 0 aliphatic heterocycles. The van der Waals surface area contributed by atoms with Crippen molar-refractivity contribution in [2.45, 2.75) is 6.04 Å². The van der Waals surface area contributed by atoms with Crippen LogP contribution in [0.4, 0.5) is 0 Å². The molecule has 20 heavy (non-hydrogen) atoms. The second-order valence-corrected chi connectivity index (χ2v) is 7.05. The Labute approximate surface area is 125 Å². The molecule has 0 amide bonds. The zero-order valence-electron chi connectivity index (χ0n) is 12.0. The number of nitrogens with zero attached hydrogens (tertiary/aromatic N) is 1. The van der Waals surface area contributed by atoms with Crippen molar-refractivity contribution in [3.05, 3.63) is 34.9 Å². The van der Waals surface area contributed by atoms with Gasteiger partial charge in [-0.25, -0.2) is 13.1 Å². The minimum Gasteiger partial charge on any atom is -0.384 e. The van der Waals surface area contributed by atoms with Gasteiger partial charge in [0, 0.05) is 24.7 Å². The van der Waals surface area contributed by atoms with Gasteiger partial charge in [0.15, 0.2) is 0 Å². The molecular weight excluding hydrogens is 300 g/mol. The van der Waals surface area contributed by atoms with Gasteiger partial charge in [0.1, 0.15) is 0 Å². The Bertz CT molecular complexity index is 503. The summed E-state index contributed by atoms with van der Waals surface area (Å²) in [5.41, 5.74) is 1.01. The highest BCUT2D eigenvalue weighted by molar-refractivity contribution is 7.89. The van der Waals surface area contributed by atoms with Gasteiger partial charge in [0.25, 0.3) is 0 Å². The van der Waals surface area contributed by atoms with Crippen LogP contribution in [-0.2, 0) is 14.8 Å². The van der Waals surface area contributed by atoms with E-state index in [1.54, 1.807) is 12.1 Å². The van der Waals surface area contributed by atoms with Gasteiger partial charge in [-0.3, -0.25) is 0 Å². The van der Waals surface area contributed by atoms with E-state index in [9.17, 15) is 8.42 Å². The first-order valence-corrected chi connectivity index (χ1v) is 8.27. The summed E-state index contributed by atoms with van der Waals surface area (Å²) in [5.74, 6) is -0.0374. The molecule has 0 spiro atoms. The summed E-state index contributed by atoms with van der Waals surface area (Å²) in [6.45, 7) is 0.490. The molecular formula is C13H21ClN2O3S. The maximum absolute atomic E-state index is 11.8. The fraction of sp³-hybridized carbons (Fsp3) is 0.538. The van der Waals surface area contributed by atoms with E-state index in [0.717, 1.165) is 5.56 Å². The van der Waals surface area contributed by atoms with Crippen molar-refractivity contribution in [1.29, 1.82) is 0 Å². The van der Waals surface area contributed by atoms with Gasteiger partial charge in [-0.05, 0) is 31.8 Å². The lowest BCUT2D eigenvalue weighted by Gasteiger charge is -2.25. The standard InChI is InChI=1S/C13H21ClN2O3S/c1-16(2)13(11-4-6-12(14)7-5-11)10-15-20(17,18)9-8-19-3/h4-7,13,15H,8-10H2,1-3H3. The van der Waals surface area contributed by atoms with Gasteiger partial charge in [-0.15, -0.1) is 0 Å². The number of benzene rings is 1. The van der Waals surface area contributed by atoms with Crippen LogP contribution in [-0.4, -0.2) is 53.4 Å². The maximum atomic E-state index is 11.8. The highest BCUT2D eigenvalue weighted by atomic mass is 35.5. The quantitative estimate of drug-likeness (QED) is 0.789. The Morgan fingerprint density at radius 1 is 1.30 bits per heavy atom. The number of hydrogen-bond acceptors (Lipinski definition) is 4. The lowest BCUT2D eigenvalue weighted by atomic mass is 10.1. The molecule has 7 heteroatoms. The minimum absolute atomic E-state index is 0.0374. The summed E-state index contributed by atoms with van der Waals surface area (Å²) in [5, 5.41) is 0.659. The topological polar surface area (TPSA) is 58.6 Å². The molecule has 0 saturated heterocycles. The van der Waals surface area contributed by atoms with Gasteiger partial charge in [-0.1, -0.05) is 23.7 Å². The zero-order chi connectivity index (χ0) is 15.2. The Morgan fingerprint density at radius 3 is 2.40 bits per heavy atom. The molecule has 1 aromatic rings. The van der Waals surface area contributed by atoms with Crippen molar-refractivity contribution >= 4 is 21.6 Å². The number of hydrogen-bond donors (Lipinski definition) is 1. The largest absolute Gasteiger partial charge is 0.384 e. The van der Waals surface area contributed by atoms with E-state index in [1.807, 2.05) is 31.1 Å². The Hall–Kier alpha value is -0.660. The summed E-state index contributed by atoms with van der Waals surface area (Å²) in [6.07, 6.45) is 0. The van der Waals surface area contributed by atoms with Crippen molar-refractivity contribution in [3.63, 3.8) is 0 Å². The minimum atomic E-state index is -3.32. The smallest absolute Gasteiger partial charge is 0.213 e. The molecule has 1 unspecified atom stereocenters. The molecule has 0 aliphatic carbocycles. The molecule has 1 N–H and O–H groups in total. The van der Waals surface area contributed by atoms with Crippen LogP contribution in [0.15, 0.2) is 24.3 Å². The van der Waals surface area contributed by atoms with E-state index in [2.05, 4.69) is 4.72 Å². The highest BCUT2D eigenvalue weighted by Crippen LogP contribution is 2.20. The van der Waals surface area contributed by atoms with Crippen LogP contribution in [0.1, 0.15) is 11.6 Å². The second-order valence-electron chi connectivity index (χ2n) is 4.69. The molecule has 5 nitrogen and oxygen atoms in total. The van der Waals surface area contributed by atoms with Crippen molar-refractivity contribution in [2.75, 3.05) is 40.1 Å². The highest BCUT2D eigenvalue weighted by Gasteiger charge is 2.18. The van der Waals surface area contributed by atoms with E-state index in [0.29, 0.717) is 11.6 Å². The number of methoxy groups -OCH3 is 1. The number of nitrogens with one attached hydrogen (secondary N) is 1. The lowest BCUT2D eigenvalue weighted by molar-refractivity contribution is 0.216. The number of sulfonamides is 1. The van der Waals surface area contributed by atoms with Crippen LogP contribution in [0.3, 0.4) is 0 Å². The number of ether oxygens (including phenoxy) is 1. The molecule has 0 saturated carbocycles. The SMILES string of the molecule is COCCS(=O)(=O)NCC(c1ccc(Cl)cc1)N(C)C. The third-order valence-electron chi connectivity index (χ3n) is 2.93. The van der Waals surface area contributed by atoms with Crippen LogP contribution in [0.5, 0.6) is 0 Å². The van der Waals surface area contributed by atoms with Crippen LogP contribution >= 0.6 is 11.6 Å². The average Bonchev–Trinajstić information content (AvgIpc) is 2.38. The van der Waals surface area contributed by atoms with Crippen molar-refractivity contribution in [3.8, 4) is 0 Å². The zero-order valence-corrected chi connectivity index (χ0v) is 13.5. The monoisotopic (exact) mass is 320 g/mol. The van der Waals surface area contributed by atoms with Crippen LogP contribution in [0, 0.1) is 0 Å². The molecule has 0 aromatic heterocycles. The first kappa shape index (κ1) is 17.4. The van der Waals surface area contributed by atoms with E-state index in [4.69, 9.17) is 16.3 Å². The van der Waals surface area contributed by atoms with Crippen LogP contribution in [0.2, 0.25) is 5.02 Å². The van der Waals surface area contributed by atoms with Gasteiger partial charge >= 0.3 is 0 Å². The summed E-state index contributed by atoms with van der Waals surface area (Å²) in [7, 11) is 1.97. The molecule has 1 atom stereocenters. The van der Waals surface area contributed by atoms with Gasteiger partial charge < -0.3 is 9.64 Å². The molecule has 0 heterocycles. The predicted octanol–water partition coefficient (Wildman–Crippen LogP) is 1.51. The van der Waals surface area contributed by atoms with Crippen molar-refractivity contribution in [2.24, 2.45) is 0 Å². The third kappa shape index (κ3) is 5.76. The van der Waals surface area contributed by atoms with E-state index < -0.39 is 10.0 Å². The van der Waals surface area contributed by atoms with E-state index >= 15 is 0 Å². The molecule has 0 aliphatic rings.